The first kappa shape index (κ1) is 14.2. The monoisotopic (exact) mass is 299 g/mol. The molecule has 1 rings (SSSR count). The molecule has 0 saturated heterocycles. The van der Waals surface area contributed by atoms with Gasteiger partial charge in [0.1, 0.15) is 12.6 Å². The maximum atomic E-state index is 11.0. The summed E-state index contributed by atoms with van der Waals surface area (Å²) in [4.78, 5) is 11.0. The second-order valence-corrected chi connectivity index (χ2v) is 5.22. The summed E-state index contributed by atoms with van der Waals surface area (Å²) in [6, 6.07) is 7.42. The normalized spacial score (nSPS) is 14.3. The predicted octanol–water partition coefficient (Wildman–Crippen LogP) is 0.677. The van der Waals surface area contributed by atoms with E-state index in [0.717, 1.165) is 16.5 Å². The van der Waals surface area contributed by atoms with Crippen LogP contribution in [0.5, 0.6) is 0 Å². The fourth-order valence-electron chi connectivity index (χ4n) is 1.74. The largest absolute Gasteiger partial charge is 0.544 e. The summed E-state index contributed by atoms with van der Waals surface area (Å²) >= 11 is 3.40. The average molecular weight is 300 g/mol. The highest BCUT2D eigenvalue weighted by molar-refractivity contribution is 9.10. The molecule has 4 heteroatoms. The maximum Gasteiger partial charge on any atom is 0.129 e. The van der Waals surface area contributed by atoms with Crippen LogP contribution < -0.4 is 10.4 Å². The van der Waals surface area contributed by atoms with Crippen molar-refractivity contribution in [1.82, 2.24) is 0 Å². The standard InChI is InChI=1S/C13H18BrNO2/c1-3-9(2)12(13(16)17)15-8-10-5-4-6-11(14)7-10/h4-7,9,12,15H,3,8H2,1-2H3,(H,16,17). The number of carbonyl (C=O) groups is 1. The fraction of sp³-hybridized carbons (Fsp3) is 0.462. The highest BCUT2D eigenvalue weighted by Crippen LogP contribution is 2.11. The van der Waals surface area contributed by atoms with Crippen molar-refractivity contribution >= 4 is 21.9 Å². The number of carboxylic acids is 1. The van der Waals surface area contributed by atoms with Gasteiger partial charge >= 0.3 is 0 Å². The lowest BCUT2D eigenvalue weighted by Crippen LogP contribution is -2.93. The Labute approximate surface area is 110 Å². The maximum absolute atomic E-state index is 11.0. The molecule has 0 saturated carbocycles. The number of rotatable bonds is 6. The zero-order valence-corrected chi connectivity index (χ0v) is 11.7. The lowest BCUT2D eigenvalue weighted by molar-refractivity contribution is -0.704. The van der Waals surface area contributed by atoms with E-state index < -0.39 is 12.0 Å². The van der Waals surface area contributed by atoms with Gasteiger partial charge in [-0.2, -0.15) is 0 Å². The molecule has 2 N–H and O–H groups in total. The SMILES string of the molecule is CCC(C)C([NH2+]Cc1cccc(Br)c1)C(=O)[O-]. The van der Waals surface area contributed by atoms with Crippen LogP contribution in [0.4, 0.5) is 0 Å². The van der Waals surface area contributed by atoms with Crippen LogP contribution in [-0.2, 0) is 11.3 Å². The van der Waals surface area contributed by atoms with Crippen molar-refractivity contribution in [3.8, 4) is 0 Å². The molecule has 0 aliphatic carbocycles. The van der Waals surface area contributed by atoms with E-state index in [4.69, 9.17) is 0 Å². The molecule has 94 valence electrons. The molecule has 0 fully saturated rings. The van der Waals surface area contributed by atoms with Crippen LogP contribution in [-0.4, -0.2) is 12.0 Å². The van der Waals surface area contributed by atoms with Gasteiger partial charge in [0.05, 0.1) is 5.97 Å². The number of aliphatic carboxylic acids is 1. The zero-order valence-electron chi connectivity index (χ0n) is 10.2. The molecule has 17 heavy (non-hydrogen) atoms. The number of quaternary nitrogens is 1. The lowest BCUT2D eigenvalue weighted by atomic mass is 9.99. The number of carboxylic acid groups (broad SMARTS) is 1. The van der Waals surface area contributed by atoms with Crippen LogP contribution >= 0.6 is 15.9 Å². The minimum Gasteiger partial charge on any atom is -0.544 e. The number of nitrogens with two attached hydrogens (primary N) is 1. The Bertz CT molecular complexity index is 381. The van der Waals surface area contributed by atoms with Crippen LogP contribution in [0.25, 0.3) is 0 Å². The van der Waals surface area contributed by atoms with Crippen molar-refractivity contribution in [3.05, 3.63) is 34.3 Å². The molecule has 0 bridgehead atoms. The van der Waals surface area contributed by atoms with Gasteiger partial charge in [-0.15, -0.1) is 0 Å². The third-order valence-corrected chi connectivity index (χ3v) is 3.52. The number of hydrogen-bond donors (Lipinski definition) is 1. The molecule has 1 aromatic rings. The summed E-state index contributed by atoms with van der Waals surface area (Å²) in [6.45, 7) is 4.59. The van der Waals surface area contributed by atoms with E-state index in [1.807, 2.05) is 43.4 Å². The Morgan fingerprint density at radius 3 is 2.76 bits per heavy atom. The first-order valence-electron chi connectivity index (χ1n) is 5.83. The minimum absolute atomic E-state index is 0.118. The lowest BCUT2D eigenvalue weighted by Gasteiger charge is -2.21. The third kappa shape index (κ3) is 4.48. The highest BCUT2D eigenvalue weighted by Gasteiger charge is 2.20. The van der Waals surface area contributed by atoms with Crippen molar-refractivity contribution in [2.24, 2.45) is 5.92 Å². The second-order valence-electron chi connectivity index (χ2n) is 4.30. The Morgan fingerprint density at radius 2 is 2.24 bits per heavy atom. The van der Waals surface area contributed by atoms with Gasteiger partial charge in [0.25, 0.3) is 0 Å². The van der Waals surface area contributed by atoms with Crippen molar-refractivity contribution in [2.45, 2.75) is 32.9 Å². The Balaban J connectivity index is 2.61. The average Bonchev–Trinajstić information content (AvgIpc) is 2.28. The van der Waals surface area contributed by atoms with Gasteiger partial charge in [0.2, 0.25) is 0 Å². The molecule has 2 atom stereocenters. The molecule has 2 unspecified atom stereocenters. The molecule has 0 aromatic heterocycles. The Kier molecular flexibility index (Phi) is 5.65. The first-order valence-corrected chi connectivity index (χ1v) is 6.62. The topological polar surface area (TPSA) is 56.7 Å². The van der Waals surface area contributed by atoms with E-state index in [1.165, 1.54) is 0 Å². The van der Waals surface area contributed by atoms with Crippen LogP contribution in [0.15, 0.2) is 28.7 Å². The van der Waals surface area contributed by atoms with E-state index in [2.05, 4.69) is 15.9 Å². The second kappa shape index (κ2) is 6.77. The number of benzene rings is 1. The van der Waals surface area contributed by atoms with Gasteiger partial charge in [0.15, 0.2) is 0 Å². The molecular weight excluding hydrogens is 282 g/mol. The molecular formula is C13H18BrNO2. The Hall–Kier alpha value is -0.870. The summed E-state index contributed by atoms with van der Waals surface area (Å²) < 4.78 is 1.01. The van der Waals surface area contributed by atoms with E-state index in [9.17, 15) is 9.90 Å². The van der Waals surface area contributed by atoms with E-state index >= 15 is 0 Å². The van der Waals surface area contributed by atoms with Gasteiger partial charge in [-0.3, -0.25) is 0 Å². The molecule has 0 heterocycles. The van der Waals surface area contributed by atoms with Crippen LogP contribution in [0.3, 0.4) is 0 Å². The van der Waals surface area contributed by atoms with Crippen LogP contribution in [0.2, 0.25) is 0 Å². The van der Waals surface area contributed by atoms with Gasteiger partial charge in [0, 0.05) is 16.0 Å². The minimum atomic E-state index is -0.977. The van der Waals surface area contributed by atoms with Crippen molar-refractivity contribution in [3.63, 3.8) is 0 Å². The molecule has 0 aliphatic rings. The zero-order chi connectivity index (χ0) is 12.8. The van der Waals surface area contributed by atoms with Crippen LogP contribution in [0.1, 0.15) is 25.8 Å². The van der Waals surface area contributed by atoms with E-state index in [1.54, 1.807) is 0 Å². The van der Waals surface area contributed by atoms with Gasteiger partial charge in [-0.05, 0) is 18.6 Å². The highest BCUT2D eigenvalue weighted by atomic mass is 79.9. The summed E-state index contributed by atoms with van der Waals surface area (Å²) in [5.41, 5.74) is 1.11. The molecule has 3 nitrogen and oxygen atoms in total. The van der Waals surface area contributed by atoms with Crippen molar-refractivity contribution in [2.75, 3.05) is 0 Å². The summed E-state index contributed by atoms with van der Waals surface area (Å²) in [5, 5.41) is 12.9. The molecule has 0 amide bonds. The van der Waals surface area contributed by atoms with Gasteiger partial charge < -0.3 is 15.2 Å². The predicted molar refractivity (Wildman–Crippen MR) is 68.0 cm³/mol. The first-order chi connectivity index (χ1) is 8.04. The summed E-state index contributed by atoms with van der Waals surface area (Å²) in [7, 11) is 0. The summed E-state index contributed by atoms with van der Waals surface area (Å²) in [6.07, 6.45) is 0.841. The van der Waals surface area contributed by atoms with Crippen molar-refractivity contribution < 1.29 is 15.2 Å². The number of halogens is 1. The van der Waals surface area contributed by atoms with Gasteiger partial charge in [-0.25, -0.2) is 0 Å². The van der Waals surface area contributed by atoms with E-state index in [0.29, 0.717) is 6.54 Å². The molecule has 0 radical (unpaired) electrons. The van der Waals surface area contributed by atoms with Crippen molar-refractivity contribution in [1.29, 1.82) is 0 Å². The number of hydrogen-bond acceptors (Lipinski definition) is 2. The van der Waals surface area contributed by atoms with Gasteiger partial charge in [-0.1, -0.05) is 41.9 Å². The molecule has 1 aromatic carbocycles. The summed E-state index contributed by atoms with van der Waals surface area (Å²) in [5.74, 6) is -0.860. The quantitative estimate of drug-likeness (QED) is 0.840. The fourth-order valence-corrected chi connectivity index (χ4v) is 2.19. The Morgan fingerprint density at radius 1 is 1.53 bits per heavy atom. The molecule has 0 aliphatic heterocycles. The van der Waals surface area contributed by atoms with E-state index in [-0.39, 0.29) is 5.92 Å². The number of carbonyl (C=O) groups excluding carboxylic acids is 1. The van der Waals surface area contributed by atoms with Crippen LogP contribution in [0, 0.1) is 5.92 Å². The molecule has 0 spiro atoms. The third-order valence-electron chi connectivity index (χ3n) is 3.03. The smallest absolute Gasteiger partial charge is 0.129 e.